The molecule has 1 amide bonds. The number of nitrogens with zero attached hydrogens (tertiary/aromatic N) is 1. The number of ether oxygens (including phenoxy) is 1. The van der Waals surface area contributed by atoms with Gasteiger partial charge in [0.1, 0.15) is 0 Å². The predicted octanol–water partition coefficient (Wildman–Crippen LogP) is 0.591. The monoisotopic (exact) mass is 306 g/mol. The molecule has 1 rings (SSSR count). The second kappa shape index (κ2) is 8.59. The first kappa shape index (κ1) is 17.4. The number of carbonyl (C=O) groups excluding carboxylic acids is 1. The summed E-state index contributed by atoms with van der Waals surface area (Å²) in [6.45, 7) is 3.92. The van der Waals surface area contributed by atoms with E-state index in [1.807, 2.05) is 0 Å². The Kier molecular flexibility index (Phi) is 7.47. The quantitative estimate of drug-likeness (QED) is 0.666. The molecular formula is C13H26N2O4S. The predicted molar refractivity (Wildman–Crippen MR) is 77.9 cm³/mol. The highest BCUT2D eigenvalue weighted by atomic mass is 32.2. The first-order valence-corrected chi connectivity index (χ1v) is 8.84. The first-order valence-electron chi connectivity index (χ1n) is 7.23. The Morgan fingerprint density at radius 3 is 2.55 bits per heavy atom. The molecular weight excluding hydrogens is 280 g/mol. The van der Waals surface area contributed by atoms with Crippen LogP contribution < -0.4 is 5.32 Å². The molecule has 0 aromatic carbocycles. The maximum absolute atomic E-state index is 11.7. The summed E-state index contributed by atoms with van der Waals surface area (Å²) in [6, 6.07) is 0. The van der Waals surface area contributed by atoms with Crippen LogP contribution in [-0.4, -0.2) is 57.7 Å². The van der Waals surface area contributed by atoms with Crippen molar-refractivity contribution in [2.45, 2.75) is 32.6 Å². The normalized spacial score (nSPS) is 18.1. The number of methoxy groups -OCH3 is 1. The summed E-state index contributed by atoms with van der Waals surface area (Å²) >= 11 is 0. The van der Waals surface area contributed by atoms with E-state index in [1.165, 1.54) is 0 Å². The SMILES string of the molecule is CCS(=O)(=O)N1CCC(CCC(=O)NCCOC)CC1. The van der Waals surface area contributed by atoms with Gasteiger partial charge in [0.2, 0.25) is 15.9 Å². The topological polar surface area (TPSA) is 75.7 Å². The van der Waals surface area contributed by atoms with Gasteiger partial charge in [0, 0.05) is 33.2 Å². The molecule has 1 aliphatic heterocycles. The lowest BCUT2D eigenvalue weighted by Gasteiger charge is -2.30. The number of rotatable bonds is 8. The molecule has 0 spiro atoms. The van der Waals surface area contributed by atoms with Crippen LogP contribution >= 0.6 is 0 Å². The maximum atomic E-state index is 11.7. The average molecular weight is 306 g/mol. The second-order valence-corrected chi connectivity index (χ2v) is 7.38. The van der Waals surface area contributed by atoms with Crippen molar-refractivity contribution in [1.82, 2.24) is 9.62 Å². The van der Waals surface area contributed by atoms with Crippen LogP contribution in [0, 0.1) is 5.92 Å². The van der Waals surface area contributed by atoms with Crippen LogP contribution in [0.3, 0.4) is 0 Å². The molecule has 0 radical (unpaired) electrons. The van der Waals surface area contributed by atoms with Gasteiger partial charge in [-0.2, -0.15) is 0 Å². The van der Waals surface area contributed by atoms with Gasteiger partial charge < -0.3 is 10.1 Å². The molecule has 1 fully saturated rings. The number of hydrogen-bond donors (Lipinski definition) is 1. The zero-order chi connectivity index (χ0) is 15.0. The van der Waals surface area contributed by atoms with E-state index in [9.17, 15) is 13.2 Å². The van der Waals surface area contributed by atoms with Crippen molar-refractivity contribution in [2.75, 3.05) is 39.1 Å². The highest BCUT2D eigenvalue weighted by Gasteiger charge is 2.26. The van der Waals surface area contributed by atoms with E-state index in [4.69, 9.17) is 4.74 Å². The Labute approximate surface area is 121 Å². The molecule has 0 aromatic rings. The summed E-state index contributed by atoms with van der Waals surface area (Å²) in [6.07, 6.45) is 3.04. The van der Waals surface area contributed by atoms with Crippen LogP contribution in [0.4, 0.5) is 0 Å². The zero-order valence-electron chi connectivity index (χ0n) is 12.4. The van der Waals surface area contributed by atoms with Crippen LogP contribution in [0.25, 0.3) is 0 Å². The Morgan fingerprint density at radius 1 is 1.35 bits per heavy atom. The van der Waals surface area contributed by atoms with E-state index < -0.39 is 10.0 Å². The third-order valence-electron chi connectivity index (χ3n) is 3.74. The molecule has 0 unspecified atom stereocenters. The van der Waals surface area contributed by atoms with Crippen molar-refractivity contribution >= 4 is 15.9 Å². The standard InChI is InChI=1S/C13H26N2O4S/c1-3-20(17,18)15-9-6-12(7-10-15)4-5-13(16)14-8-11-19-2/h12H,3-11H2,1-2H3,(H,14,16). The molecule has 118 valence electrons. The zero-order valence-corrected chi connectivity index (χ0v) is 13.2. The molecule has 1 heterocycles. The van der Waals surface area contributed by atoms with E-state index in [1.54, 1.807) is 18.3 Å². The molecule has 0 aromatic heterocycles. The van der Waals surface area contributed by atoms with Gasteiger partial charge in [-0.1, -0.05) is 0 Å². The fraction of sp³-hybridized carbons (Fsp3) is 0.923. The van der Waals surface area contributed by atoms with Crippen molar-refractivity contribution in [3.05, 3.63) is 0 Å². The molecule has 0 saturated carbocycles. The summed E-state index contributed by atoms with van der Waals surface area (Å²) in [7, 11) is -1.45. The van der Waals surface area contributed by atoms with E-state index in [0.717, 1.165) is 19.3 Å². The smallest absolute Gasteiger partial charge is 0.220 e. The fourth-order valence-electron chi connectivity index (χ4n) is 2.37. The van der Waals surface area contributed by atoms with Gasteiger partial charge in [-0.3, -0.25) is 4.79 Å². The Balaban J connectivity index is 2.21. The van der Waals surface area contributed by atoms with Crippen LogP contribution in [0.2, 0.25) is 0 Å². The van der Waals surface area contributed by atoms with Gasteiger partial charge in [0.05, 0.1) is 12.4 Å². The van der Waals surface area contributed by atoms with Gasteiger partial charge in [-0.25, -0.2) is 12.7 Å². The van der Waals surface area contributed by atoms with Crippen molar-refractivity contribution < 1.29 is 17.9 Å². The number of amides is 1. The third-order valence-corrected chi connectivity index (χ3v) is 5.62. The number of sulfonamides is 1. The average Bonchev–Trinajstić information content (AvgIpc) is 2.46. The number of hydrogen-bond acceptors (Lipinski definition) is 4. The molecule has 6 nitrogen and oxygen atoms in total. The lowest BCUT2D eigenvalue weighted by Crippen LogP contribution is -2.39. The largest absolute Gasteiger partial charge is 0.383 e. The Morgan fingerprint density at radius 2 is 2.00 bits per heavy atom. The second-order valence-electron chi connectivity index (χ2n) is 5.12. The minimum absolute atomic E-state index is 0.0469. The fourth-order valence-corrected chi connectivity index (χ4v) is 3.51. The summed E-state index contributed by atoms with van der Waals surface area (Å²) < 4.78 is 29.9. The first-order chi connectivity index (χ1) is 9.49. The van der Waals surface area contributed by atoms with E-state index in [2.05, 4.69) is 5.32 Å². The van der Waals surface area contributed by atoms with Crippen molar-refractivity contribution in [3.8, 4) is 0 Å². The van der Waals surface area contributed by atoms with Gasteiger partial charge in [-0.15, -0.1) is 0 Å². The highest BCUT2D eigenvalue weighted by Crippen LogP contribution is 2.23. The van der Waals surface area contributed by atoms with E-state index in [0.29, 0.717) is 38.6 Å². The summed E-state index contributed by atoms with van der Waals surface area (Å²) in [5, 5.41) is 2.80. The van der Waals surface area contributed by atoms with Gasteiger partial charge in [0.25, 0.3) is 0 Å². The Bertz CT molecular complexity index is 389. The van der Waals surface area contributed by atoms with Crippen LogP contribution in [0.15, 0.2) is 0 Å². The molecule has 0 aliphatic carbocycles. The minimum atomic E-state index is -3.05. The van der Waals surface area contributed by atoms with Gasteiger partial charge >= 0.3 is 0 Å². The van der Waals surface area contributed by atoms with Crippen LogP contribution in [-0.2, 0) is 19.6 Å². The molecule has 0 atom stereocenters. The van der Waals surface area contributed by atoms with Gasteiger partial charge in [0.15, 0.2) is 0 Å². The summed E-state index contributed by atoms with van der Waals surface area (Å²) in [5.41, 5.74) is 0. The molecule has 0 bridgehead atoms. The maximum Gasteiger partial charge on any atom is 0.220 e. The summed E-state index contributed by atoms with van der Waals surface area (Å²) in [5.74, 6) is 0.664. The molecule has 7 heteroatoms. The van der Waals surface area contributed by atoms with Crippen molar-refractivity contribution in [2.24, 2.45) is 5.92 Å². The van der Waals surface area contributed by atoms with Crippen molar-refractivity contribution in [1.29, 1.82) is 0 Å². The molecule has 1 aliphatic rings. The van der Waals surface area contributed by atoms with E-state index >= 15 is 0 Å². The lowest BCUT2D eigenvalue weighted by molar-refractivity contribution is -0.121. The van der Waals surface area contributed by atoms with Gasteiger partial charge in [-0.05, 0) is 32.1 Å². The van der Waals surface area contributed by atoms with Crippen LogP contribution in [0.5, 0.6) is 0 Å². The molecule has 1 N–H and O–H groups in total. The van der Waals surface area contributed by atoms with Crippen LogP contribution in [0.1, 0.15) is 32.6 Å². The lowest BCUT2D eigenvalue weighted by atomic mass is 9.93. The highest BCUT2D eigenvalue weighted by molar-refractivity contribution is 7.89. The number of carbonyl (C=O) groups is 1. The minimum Gasteiger partial charge on any atom is -0.383 e. The van der Waals surface area contributed by atoms with E-state index in [-0.39, 0.29) is 11.7 Å². The third kappa shape index (κ3) is 5.76. The number of nitrogens with one attached hydrogen (secondary N) is 1. The Hall–Kier alpha value is -0.660. The van der Waals surface area contributed by atoms with Crippen molar-refractivity contribution in [3.63, 3.8) is 0 Å². The summed E-state index contributed by atoms with van der Waals surface area (Å²) in [4.78, 5) is 11.6. The molecule has 20 heavy (non-hydrogen) atoms. The number of piperidine rings is 1. The molecule has 1 saturated heterocycles.